The first kappa shape index (κ1) is 16.2. The van der Waals surface area contributed by atoms with Crippen LogP contribution in [0, 0.1) is 6.92 Å². The Kier molecular flexibility index (Phi) is 4.82. The first-order chi connectivity index (χ1) is 11.1. The Labute approximate surface area is 141 Å². The fourth-order valence-electron chi connectivity index (χ4n) is 2.76. The standard InChI is InChI=1S/C17H22N4OS/c1-3-23-14-6-7-17(14,22)11-19-15-9-12(2)20-16(21-15)13-5-4-8-18-10-13/h4-5,8-10,14,22H,3,6-7,11H2,1-2H3,(H,19,20,21). The molecule has 1 aliphatic carbocycles. The number of nitrogens with one attached hydrogen (secondary N) is 1. The summed E-state index contributed by atoms with van der Waals surface area (Å²) in [4.78, 5) is 13.1. The Morgan fingerprint density at radius 1 is 1.43 bits per heavy atom. The third kappa shape index (κ3) is 3.64. The monoisotopic (exact) mass is 330 g/mol. The lowest BCUT2D eigenvalue weighted by molar-refractivity contribution is -0.0120. The van der Waals surface area contributed by atoms with Crippen LogP contribution in [-0.4, -0.2) is 43.2 Å². The number of aromatic nitrogens is 3. The van der Waals surface area contributed by atoms with Crippen molar-refractivity contribution in [3.63, 3.8) is 0 Å². The van der Waals surface area contributed by atoms with Gasteiger partial charge in [-0.25, -0.2) is 9.97 Å². The summed E-state index contributed by atoms with van der Waals surface area (Å²) in [6, 6.07) is 5.72. The average Bonchev–Trinajstić information content (AvgIpc) is 2.57. The Bertz CT molecular complexity index is 667. The van der Waals surface area contributed by atoms with Crippen LogP contribution in [0.25, 0.3) is 11.4 Å². The topological polar surface area (TPSA) is 70.9 Å². The van der Waals surface area contributed by atoms with Crippen molar-refractivity contribution in [2.24, 2.45) is 0 Å². The van der Waals surface area contributed by atoms with Crippen molar-refractivity contribution in [1.29, 1.82) is 0 Å². The second-order valence-corrected chi connectivity index (χ2v) is 7.38. The lowest BCUT2D eigenvalue weighted by Gasteiger charge is -2.45. The van der Waals surface area contributed by atoms with Crippen molar-refractivity contribution >= 4 is 17.6 Å². The summed E-state index contributed by atoms with van der Waals surface area (Å²) in [5.74, 6) is 2.43. The van der Waals surface area contributed by atoms with Crippen LogP contribution in [0.2, 0.25) is 0 Å². The van der Waals surface area contributed by atoms with E-state index < -0.39 is 5.60 Å². The van der Waals surface area contributed by atoms with Gasteiger partial charge in [-0.1, -0.05) is 6.92 Å². The molecule has 2 atom stereocenters. The van der Waals surface area contributed by atoms with E-state index in [1.807, 2.05) is 36.9 Å². The Morgan fingerprint density at radius 2 is 2.30 bits per heavy atom. The van der Waals surface area contributed by atoms with E-state index in [1.54, 1.807) is 12.4 Å². The first-order valence-electron chi connectivity index (χ1n) is 7.94. The number of pyridine rings is 1. The van der Waals surface area contributed by atoms with E-state index in [4.69, 9.17) is 0 Å². The zero-order chi connectivity index (χ0) is 16.3. The van der Waals surface area contributed by atoms with Gasteiger partial charge >= 0.3 is 0 Å². The van der Waals surface area contributed by atoms with Gasteiger partial charge in [0.2, 0.25) is 0 Å². The van der Waals surface area contributed by atoms with E-state index in [1.165, 1.54) is 0 Å². The van der Waals surface area contributed by atoms with E-state index in [-0.39, 0.29) is 0 Å². The van der Waals surface area contributed by atoms with Gasteiger partial charge in [0, 0.05) is 41.5 Å². The molecule has 2 N–H and O–H groups in total. The molecule has 0 spiro atoms. The molecule has 0 saturated heterocycles. The van der Waals surface area contributed by atoms with Gasteiger partial charge in [0.1, 0.15) is 5.82 Å². The number of thioether (sulfide) groups is 1. The average molecular weight is 330 g/mol. The second-order valence-electron chi connectivity index (χ2n) is 5.90. The SMILES string of the molecule is CCSC1CCC1(O)CNc1cc(C)nc(-c2cccnc2)n1. The van der Waals surface area contributed by atoms with Gasteiger partial charge < -0.3 is 10.4 Å². The van der Waals surface area contributed by atoms with Crippen molar-refractivity contribution in [2.75, 3.05) is 17.6 Å². The van der Waals surface area contributed by atoms with E-state index in [9.17, 15) is 5.11 Å². The van der Waals surface area contributed by atoms with Crippen LogP contribution in [0.15, 0.2) is 30.6 Å². The molecule has 0 bridgehead atoms. The highest BCUT2D eigenvalue weighted by molar-refractivity contribution is 8.00. The third-order valence-electron chi connectivity index (χ3n) is 4.16. The highest BCUT2D eigenvalue weighted by atomic mass is 32.2. The molecule has 0 radical (unpaired) electrons. The van der Waals surface area contributed by atoms with Crippen molar-refractivity contribution in [3.05, 3.63) is 36.3 Å². The van der Waals surface area contributed by atoms with Crippen LogP contribution in [0.1, 0.15) is 25.5 Å². The number of nitrogens with zero attached hydrogens (tertiary/aromatic N) is 3. The summed E-state index contributed by atoms with van der Waals surface area (Å²) in [5, 5.41) is 14.3. The Hall–Kier alpha value is -1.66. The van der Waals surface area contributed by atoms with Crippen molar-refractivity contribution in [2.45, 2.75) is 37.5 Å². The van der Waals surface area contributed by atoms with Gasteiger partial charge in [0.15, 0.2) is 5.82 Å². The van der Waals surface area contributed by atoms with Crippen LogP contribution < -0.4 is 5.32 Å². The summed E-state index contributed by atoms with van der Waals surface area (Å²) in [7, 11) is 0. The molecule has 2 unspecified atom stereocenters. The maximum atomic E-state index is 10.7. The summed E-state index contributed by atoms with van der Waals surface area (Å²) in [6.07, 6.45) is 5.42. The second kappa shape index (κ2) is 6.84. The molecule has 6 heteroatoms. The molecule has 0 aromatic carbocycles. The molecular weight excluding hydrogens is 308 g/mol. The van der Waals surface area contributed by atoms with Gasteiger partial charge in [-0.15, -0.1) is 0 Å². The van der Waals surface area contributed by atoms with E-state index in [0.29, 0.717) is 17.6 Å². The summed E-state index contributed by atoms with van der Waals surface area (Å²) in [5.41, 5.74) is 1.15. The fraction of sp³-hybridized carbons (Fsp3) is 0.471. The summed E-state index contributed by atoms with van der Waals surface area (Å²) in [6.45, 7) is 4.60. The van der Waals surface area contributed by atoms with Crippen molar-refractivity contribution in [1.82, 2.24) is 15.0 Å². The van der Waals surface area contributed by atoms with Crippen LogP contribution >= 0.6 is 11.8 Å². The minimum atomic E-state index is -0.631. The zero-order valence-electron chi connectivity index (χ0n) is 13.5. The van der Waals surface area contributed by atoms with E-state index in [0.717, 1.165) is 35.7 Å². The molecule has 5 nitrogen and oxygen atoms in total. The number of aryl methyl sites for hydroxylation is 1. The number of rotatable bonds is 6. The molecule has 2 aromatic heterocycles. The number of anilines is 1. The van der Waals surface area contributed by atoms with Crippen LogP contribution in [-0.2, 0) is 0 Å². The van der Waals surface area contributed by atoms with Gasteiger partial charge in [-0.3, -0.25) is 4.98 Å². The van der Waals surface area contributed by atoms with Crippen molar-refractivity contribution < 1.29 is 5.11 Å². The van der Waals surface area contributed by atoms with Crippen LogP contribution in [0.5, 0.6) is 0 Å². The molecule has 1 saturated carbocycles. The Morgan fingerprint density at radius 3 is 2.96 bits per heavy atom. The quantitative estimate of drug-likeness (QED) is 0.848. The van der Waals surface area contributed by atoms with Gasteiger partial charge in [-0.2, -0.15) is 11.8 Å². The van der Waals surface area contributed by atoms with Crippen LogP contribution in [0.4, 0.5) is 5.82 Å². The molecule has 2 aromatic rings. The highest BCUT2D eigenvalue weighted by Gasteiger charge is 2.45. The third-order valence-corrected chi connectivity index (χ3v) is 5.57. The lowest BCUT2D eigenvalue weighted by atomic mass is 9.79. The fourth-order valence-corrected chi connectivity index (χ4v) is 3.96. The first-order valence-corrected chi connectivity index (χ1v) is 8.99. The van der Waals surface area contributed by atoms with Crippen LogP contribution in [0.3, 0.4) is 0 Å². The molecule has 0 aliphatic heterocycles. The van der Waals surface area contributed by atoms with Crippen molar-refractivity contribution in [3.8, 4) is 11.4 Å². The van der Waals surface area contributed by atoms with Gasteiger partial charge in [-0.05, 0) is 37.7 Å². The van der Waals surface area contributed by atoms with Gasteiger partial charge in [0.25, 0.3) is 0 Å². The summed E-state index contributed by atoms with van der Waals surface area (Å²) < 4.78 is 0. The molecule has 122 valence electrons. The smallest absolute Gasteiger partial charge is 0.163 e. The predicted molar refractivity (Wildman–Crippen MR) is 94.6 cm³/mol. The molecule has 1 aliphatic rings. The predicted octanol–water partition coefficient (Wildman–Crippen LogP) is 2.91. The molecular formula is C17H22N4OS. The Balaban J connectivity index is 1.73. The zero-order valence-corrected chi connectivity index (χ0v) is 14.3. The molecule has 3 rings (SSSR count). The number of hydrogen-bond acceptors (Lipinski definition) is 6. The summed E-state index contributed by atoms with van der Waals surface area (Å²) >= 11 is 1.83. The maximum Gasteiger partial charge on any atom is 0.163 e. The maximum absolute atomic E-state index is 10.7. The molecule has 1 fully saturated rings. The minimum absolute atomic E-state index is 0.320. The molecule has 0 amide bonds. The normalized spacial score (nSPS) is 23.3. The van der Waals surface area contributed by atoms with E-state index >= 15 is 0 Å². The lowest BCUT2D eigenvalue weighted by Crippen LogP contribution is -2.54. The largest absolute Gasteiger partial charge is 0.387 e. The minimum Gasteiger partial charge on any atom is -0.387 e. The molecule has 23 heavy (non-hydrogen) atoms. The number of hydrogen-bond donors (Lipinski definition) is 2. The van der Waals surface area contributed by atoms with Gasteiger partial charge in [0.05, 0.1) is 5.60 Å². The molecule has 2 heterocycles. The highest BCUT2D eigenvalue weighted by Crippen LogP contribution is 2.41. The van der Waals surface area contributed by atoms with E-state index in [2.05, 4.69) is 27.2 Å². The number of aliphatic hydroxyl groups is 1.